The fourth-order valence-corrected chi connectivity index (χ4v) is 3.60. The second kappa shape index (κ2) is 10.1. The zero-order chi connectivity index (χ0) is 21.5. The van der Waals surface area contributed by atoms with Crippen molar-refractivity contribution in [2.45, 2.75) is 26.8 Å². The summed E-state index contributed by atoms with van der Waals surface area (Å²) in [6.45, 7) is 9.31. The second-order valence-corrected chi connectivity index (χ2v) is 7.35. The van der Waals surface area contributed by atoms with Crippen molar-refractivity contribution in [3.8, 4) is 5.75 Å². The molecule has 1 aliphatic heterocycles. The molecule has 0 bridgehead atoms. The van der Waals surface area contributed by atoms with Crippen molar-refractivity contribution < 1.29 is 14.3 Å². The molecule has 0 radical (unpaired) electrons. The van der Waals surface area contributed by atoms with Crippen LogP contribution in [0.1, 0.15) is 20.8 Å². The summed E-state index contributed by atoms with van der Waals surface area (Å²) in [7, 11) is 0. The first-order valence-corrected chi connectivity index (χ1v) is 10.4. The molecule has 2 amide bonds. The number of nitrogens with one attached hydrogen (secondary N) is 2. The van der Waals surface area contributed by atoms with E-state index in [2.05, 4.69) is 26.5 Å². The standard InChI is InChI=1S/C23H30N4O3/c1-4-30-22-8-6-5-7-21(22)27-15-13-26(14-16-27)17(2)23(29)25-20-11-9-19(10-12-20)24-18(3)28/h5-12,17H,4,13-16H2,1-3H3,(H,24,28)(H,25,29). The zero-order valence-corrected chi connectivity index (χ0v) is 17.9. The Morgan fingerprint density at radius 1 is 0.967 bits per heavy atom. The fourth-order valence-electron chi connectivity index (χ4n) is 3.60. The summed E-state index contributed by atoms with van der Waals surface area (Å²) in [5.74, 6) is 0.746. The summed E-state index contributed by atoms with van der Waals surface area (Å²) in [6.07, 6.45) is 0. The van der Waals surface area contributed by atoms with Gasteiger partial charge in [0.1, 0.15) is 5.75 Å². The normalized spacial score (nSPS) is 15.4. The molecule has 1 atom stereocenters. The molecule has 1 aliphatic rings. The molecule has 0 saturated carbocycles. The quantitative estimate of drug-likeness (QED) is 0.733. The molecule has 7 nitrogen and oxygen atoms in total. The predicted molar refractivity (Wildman–Crippen MR) is 120 cm³/mol. The summed E-state index contributed by atoms with van der Waals surface area (Å²) < 4.78 is 5.76. The van der Waals surface area contributed by atoms with Crippen molar-refractivity contribution in [2.75, 3.05) is 48.3 Å². The van der Waals surface area contributed by atoms with Crippen LogP contribution in [0.5, 0.6) is 5.75 Å². The fraction of sp³-hybridized carbons (Fsp3) is 0.391. The lowest BCUT2D eigenvalue weighted by atomic mass is 10.2. The van der Waals surface area contributed by atoms with Gasteiger partial charge in [0.05, 0.1) is 18.3 Å². The van der Waals surface area contributed by atoms with Gasteiger partial charge in [-0.2, -0.15) is 0 Å². The highest BCUT2D eigenvalue weighted by Crippen LogP contribution is 2.29. The number of nitrogens with zero attached hydrogens (tertiary/aromatic N) is 2. The average molecular weight is 411 g/mol. The van der Waals surface area contributed by atoms with Crippen LogP contribution in [0.4, 0.5) is 17.1 Å². The number of carbonyl (C=O) groups is 2. The Hall–Kier alpha value is -3.06. The SMILES string of the molecule is CCOc1ccccc1N1CCN(C(C)C(=O)Nc2ccc(NC(C)=O)cc2)CC1. The summed E-state index contributed by atoms with van der Waals surface area (Å²) >= 11 is 0. The predicted octanol–water partition coefficient (Wildman–Crippen LogP) is 3.19. The molecule has 0 spiro atoms. The van der Waals surface area contributed by atoms with Crippen molar-refractivity contribution >= 4 is 28.9 Å². The van der Waals surface area contributed by atoms with Crippen molar-refractivity contribution in [3.05, 3.63) is 48.5 Å². The van der Waals surface area contributed by atoms with E-state index in [0.29, 0.717) is 18.0 Å². The first-order chi connectivity index (χ1) is 14.5. The second-order valence-electron chi connectivity index (χ2n) is 7.35. The van der Waals surface area contributed by atoms with E-state index >= 15 is 0 Å². The van der Waals surface area contributed by atoms with Crippen LogP contribution in [0.2, 0.25) is 0 Å². The minimum atomic E-state index is -0.232. The van der Waals surface area contributed by atoms with Crippen LogP contribution >= 0.6 is 0 Å². The maximum atomic E-state index is 12.7. The van der Waals surface area contributed by atoms with E-state index in [1.807, 2.05) is 32.0 Å². The lowest BCUT2D eigenvalue weighted by molar-refractivity contribution is -0.121. The van der Waals surface area contributed by atoms with Gasteiger partial charge in [0.2, 0.25) is 11.8 Å². The number of piperazine rings is 1. The molecule has 0 aromatic heterocycles. The molecule has 0 aliphatic carbocycles. The van der Waals surface area contributed by atoms with Crippen LogP contribution in [0.3, 0.4) is 0 Å². The maximum Gasteiger partial charge on any atom is 0.241 e. The van der Waals surface area contributed by atoms with E-state index in [4.69, 9.17) is 4.74 Å². The Labute approximate surface area is 178 Å². The largest absolute Gasteiger partial charge is 0.492 e. The van der Waals surface area contributed by atoms with Crippen molar-refractivity contribution in [3.63, 3.8) is 0 Å². The number of hydrogen-bond donors (Lipinski definition) is 2. The third-order valence-corrected chi connectivity index (χ3v) is 5.22. The highest BCUT2D eigenvalue weighted by Gasteiger charge is 2.26. The Bertz CT molecular complexity index is 861. The number of anilines is 3. The number of ether oxygens (including phenoxy) is 1. The van der Waals surface area contributed by atoms with Crippen molar-refractivity contribution in [1.29, 1.82) is 0 Å². The number of hydrogen-bond acceptors (Lipinski definition) is 5. The molecule has 1 saturated heterocycles. The summed E-state index contributed by atoms with van der Waals surface area (Å²) in [5.41, 5.74) is 2.53. The number of benzene rings is 2. The average Bonchev–Trinajstić information content (AvgIpc) is 2.75. The van der Waals surface area contributed by atoms with Gasteiger partial charge >= 0.3 is 0 Å². The van der Waals surface area contributed by atoms with E-state index in [-0.39, 0.29) is 17.9 Å². The first kappa shape index (κ1) is 21.6. The van der Waals surface area contributed by atoms with Gasteiger partial charge in [-0.1, -0.05) is 12.1 Å². The lowest BCUT2D eigenvalue weighted by Crippen LogP contribution is -2.52. The molecule has 30 heavy (non-hydrogen) atoms. The van der Waals surface area contributed by atoms with E-state index < -0.39 is 0 Å². The van der Waals surface area contributed by atoms with Crippen LogP contribution in [-0.2, 0) is 9.59 Å². The van der Waals surface area contributed by atoms with Gasteiger partial charge in [0, 0.05) is 44.5 Å². The van der Waals surface area contributed by atoms with Crippen LogP contribution in [0.25, 0.3) is 0 Å². The Morgan fingerprint density at radius 3 is 2.17 bits per heavy atom. The highest BCUT2D eigenvalue weighted by molar-refractivity contribution is 5.95. The minimum absolute atomic E-state index is 0.0366. The van der Waals surface area contributed by atoms with Gasteiger partial charge in [-0.3, -0.25) is 14.5 Å². The van der Waals surface area contributed by atoms with E-state index in [1.54, 1.807) is 24.3 Å². The molecular formula is C23H30N4O3. The van der Waals surface area contributed by atoms with Gasteiger partial charge in [-0.25, -0.2) is 0 Å². The van der Waals surface area contributed by atoms with Crippen molar-refractivity contribution in [1.82, 2.24) is 4.90 Å². The van der Waals surface area contributed by atoms with E-state index in [0.717, 1.165) is 37.6 Å². The Kier molecular flexibility index (Phi) is 7.30. The van der Waals surface area contributed by atoms with Crippen LogP contribution in [0.15, 0.2) is 48.5 Å². The van der Waals surface area contributed by atoms with Gasteiger partial charge < -0.3 is 20.3 Å². The van der Waals surface area contributed by atoms with E-state index in [9.17, 15) is 9.59 Å². The molecular weight excluding hydrogens is 380 g/mol. The topological polar surface area (TPSA) is 73.9 Å². The Balaban J connectivity index is 1.54. The lowest BCUT2D eigenvalue weighted by Gasteiger charge is -2.39. The van der Waals surface area contributed by atoms with E-state index in [1.165, 1.54) is 6.92 Å². The summed E-state index contributed by atoms with van der Waals surface area (Å²) in [5, 5.41) is 5.68. The number of carbonyl (C=O) groups excluding carboxylic acids is 2. The maximum absolute atomic E-state index is 12.7. The molecule has 3 rings (SSSR count). The third-order valence-electron chi connectivity index (χ3n) is 5.22. The molecule has 160 valence electrons. The van der Waals surface area contributed by atoms with Gasteiger partial charge in [0.15, 0.2) is 0 Å². The molecule has 1 fully saturated rings. The molecule has 2 aromatic carbocycles. The number of para-hydroxylation sites is 2. The molecule has 2 aromatic rings. The molecule has 1 unspecified atom stereocenters. The number of amides is 2. The van der Waals surface area contributed by atoms with Crippen LogP contribution < -0.4 is 20.3 Å². The van der Waals surface area contributed by atoms with Crippen LogP contribution in [0, 0.1) is 0 Å². The van der Waals surface area contributed by atoms with Crippen LogP contribution in [-0.4, -0.2) is 55.5 Å². The summed E-state index contributed by atoms with van der Waals surface area (Å²) in [6, 6.07) is 15.0. The number of rotatable bonds is 7. The van der Waals surface area contributed by atoms with Gasteiger partial charge in [-0.05, 0) is 50.2 Å². The Morgan fingerprint density at radius 2 is 1.57 bits per heavy atom. The van der Waals surface area contributed by atoms with Gasteiger partial charge in [0.25, 0.3) is 0 Å². The molecule has 7 heteroatoms. The third kappa shape index (κ3) is 5.51. The smallest absolute Gasteiger partial charge is 0.241 e. The molecule has 2 N–H and O–H groups in total. The summed E-state index contributed by atoms with van der Waals surface area (Å²) in [4.78, 5) is 28.3. The van der Waals surface area contributed by atoms with Gasteiger partial charge in [-0.15, -0.1) is 0 Å². The monoisotopic (exact) mass is 410 g/mol. The van der Waals surface area contributed by atoms with Crippen molar-refractivity contribution in [2.24, 2.45) is 0 Å². The highest BCUT2D eigenvalue weighted by atomic mass is 16.5. The first-order valence-electron chi connectivity index (χ1n) is 10.4. The minimum Gasteiger partial charge on any atom is -0.492 e. The zero-order valence-electron chi connectivity index (χ0n) is 17.9. The molecule has 1 heterocycles.